The molecule has 21 heavy (non-hydrogen) atoms. The normalized spacial score (nSPS) is 40.4. The molecule has 0 spiro atoms. The van der Waals surface area contributed by atoms with Crippen LogP contribution >= 0.6 is 0 Å². The molecular weight excluding hydrogens is 261 g/mol. The topological polar surface area (TPSA) is 21.7 Å². The van der Waals surface area contributed by atoms with Crippen LogP contribution in [-0.2, 0) is 9.31 Å². The second kappa shape index (κ2) is 4.17. The van der Waals surface area contributed by atoms with Gasteiger partial charge in [0, 0.05) is 24.0 Å². The minimum atomic E-state index is -0.288. The van der Waals surface area contributed by atoms with Gasteiger partial charge >= 0.3 is 7.12 Å². The maximum Gasteiger partial charge on any atom is 0.496 e. The number of fused-ring (bicyclic) bond motifs is 1. The molecule has 2 heterocycles. The van der Waals surface area contributed by atoms with Crippen LogP contribution in [0.1, 0.15) is 48.5 Å². The van der Waals surface area contributed by atoms with Crippen LogP contribution in [0.5, 0.6) is 0 Å². The van der Waals surface area contributed by atoms with Gasteiger partial charge in [0.25, 0.3) is 0 Å². The third-order valence-corrected chi connectivity index (χ3v) is 6.25. The van der Waals surface area contributed by atoms with Gasteiger partial charge in [0.05, 0.1) is 11.2 Å². The Morgan fingerprint density at radius 2 is 1.62 bits per heavy atom. The van der Waals surface area contributed by atoms with Crippen LogP contribution in [-0.4, -0.2) is 36.3 Å². The van der Waals surface area contributed by atoms with E-state index in [1.807, 2.05) is 0 Å². The third-order valence-electron chi connectivity index (χ3n) is 6.25. The SMILES string of the molecule is CC1=C[C@]2(C)C(C)C2N(C)C=C1B1OC(C)(C)C(C)(C)O1. The zero-order valence-corrected chi connectivity index (χ0v) is 14.7. The van der Waals surface area contributed by atoms with Crippen LogP contribution in [0.3, 0.4) is 0 Å². The summed E-state index contributed by atoms with van der Waals surface area (Å²) >= 11 is 0. The molecule has 2 unspecified atom stereocenters. The highest BCUT2D eigenvalue weighted by Crippen LogP contribution is 2.58. The molecule has 0 amide bonds. The summed E-state index contributed by atoms with van der Waals surface area (Å²) in [5.74, 6) is 0.702. The summed E-state index contributed by atoms with van der Waals surface area (Å²) in [5, 5.41) is 0. The summed E-state index contributed by atoms with van der Waals surface area (Å²) in [6.07, 6.45) is 4.65. The smallest absolute Gasteiger partial charge is 0.399 e. The summed E-state index contributed by atoms with van der Waals surface area (Å²) in [7, 11) is 1.90. The van der Waals surface area contributed by atoms with Gasteiger partial charge in [0.15, 0.2) is 0 Å². The molecule has 3 rings (SSSR count). The standard InChI is InChI=1S/C17H28BNO2/c1-11-9-17(7)12(2)14(17)19(8)10-13(11)18-20-15(3,4)16(5,6)21-18/h9-10,12,14H,1-8H3/t12?,14?,17-/m1/s1. The van der Waals surface area contributed by atoms with Crippen LogP contribution < -0.4 is 0 Å². The summed E-state index contributed by atoms with van der Waals surface area (Å²) in [6, 6.07) is 0.590. The maximum atomic E-state index is 6.23. The molecule has 3 aliphatic rings. The summed E-state index contributed by atoms with van der Waals surface area (Å²) < 4.78 is 12.5. The minimum absolute atomic E-state index is 0.273. The maximum absolute atomic E-state index is 6.23. The summed E-state index contributed by atoms with van der Waals surface area (Å²) in [4.78, 5) is 2.35. The van der Waals surface area contributed by atoms with Crippen molar-refractivity contribution in [3.05, 3.63) is 23.3 Å². The molecule has 0 N–H and O–H groups in total. The number of hydrogen-bond donors (Lipinski definition) is 0. The van der Waals surface area contributed by atoms with Crippen LogP contribution in [0.25, 0.3) is 0 Å². The average molecular weight is 289 g/mol. The zero-order chi connectivity index (χ0) is 15.8. The van der Waals surface area contributed by atoms with Gasteiger partial charge in [-0.1, -0.05) is 25.5 Å². The molecular formula is C17H28BNO2. The molecule has 116 valence electrons. The van der Waals surface area contributed by atoms with E-state index in [4.69, 9.17) is 9.31 Å². The molecule has 2 aliphatic heterocycles. The lowest BCUT2D eigenvalue weighted by Gasteiger charge is -2.32. The molecule has 3 atom stereocenters. The first-order chi connectivity index (χ1) is 9.49. The first kappa shape index (κ1) is 15.2. The highest BCUT2D eigenvalue weighted by Gasteiger charge is 2.60. The molecule has 1 saturated heterocycles. The van der Waals surface area contributed by atoms with E-state index in [1.54, 1.807) is 0 Å². The minimum Gasteiger partial charge on any atom is -0.399 e. The van der Waals surface area contributed by atoms with Gasteiger partial charge in [-0.25, -0.2) is 0 Å². The Kier molecular flexibility index (Phi) is 3.01. The first-order valence-corrected chi connectivity index (χ1v) is 7.99. The highest BCUT2D eigenvalue weighted by atomic mass is 16.7. The van der Waals surface area contributed by atoms with E-state index >= 15 is 0 Å². The van der Waals surface area contributed by atoms with Crippen molar-refractivity contribution in [3.8, 4) is 0 Å². The Balaban J connectivity index is 1.92. The Hall–Kier alpha value is -0.735. The summed E-state index contributed by atoms with van der Waals surface area (Å²) in [6.45, 7) is 15.3. The van der Waals surface area contributed by atoms with E-state index in [0.717, 1.165) is 5.47 Å². The molecule has 1 aliphatic carbocycles. The zero-order valence-electron chi connectivity index (χ0n) is 14.7. The van der Waals surface area contributed by atoms with Crippen LogP contribution in [0.15, 0.2) is 23.3 Å². The van der Waals surface area contributed by atoms with E-state index in [0.29, 0.717) is 12.0 Å². The molecule has 1 saturated carbocycles. The van der Waals surface area contributed by atoms with Gasteiger partial charge in [0.2, 0.25) is 0 Å². The Morgan fingerprint density at radius 3 is 2.14 bits per heavy atom. The largest absolute Gasteiger partial charge is 0.496 e. The van der Waals surface area contributed by atoms with Crippen molar-refractivity contribution in [2.75, 3.05) is 7.05 Å². The molecule has 4 heteroatoms. The van der Waals surface area contributed by atoms with Crippen LogP contribution in [0, 0.1) is 11.3 Å². The third kappa shape index (κ3) is 2.02. The van der Waals surface area contributed by atoms with Gasteiger partial charge in [0.1, 0.15) is 0 Å². The second-order valence-electron chi connectivity index (χ2n) is 8.27. The Labute approximate surface area is 129 Å². The van der Waals surface area contributed by atoms with Crippen LogP contribution in [0.2, 0.25) is 0 Å². The Morgan fingerprint density at radius 1 is 1.10 bits per heavy atom. The van der Waals surface area contributed by atoms with Crippen molar-refractivity contribution in [1.82, 2.24) is 4.90 Å². The fourth-order valence-corrected chi connectivity index (χ4v) is 3.90. The molecule has 3 nitrogen and oxygen atoms in total. The number of nitrogens with zero attached hydrogens (tertiary/aromatic N) is 1. The average Bonchev–Trinajstić information content (AvgIpc) is 2.78. The van der Waals surface area contributed by atoms with Crippen molar-refractivity contribution in [2.24, 2.45) is 11.3 Å². The fraction of sp³-hybridized carbons (Fsp3) is 0.765. The van der Waals surface area contributed by atoms with E-state index in [9.17, 15) is 0 Å². The van der Waals surface area contributed by atoms with Gasteiger partial charge < -0.3 is 14.2 Å². The van der Waals surface area contributed by atoms with Gasteiger partial charge in [-0.15, -0.1) is 0 Å². The highest BCUT2D eigenvalue weighted by molar-refractivity contribution is 6.56. The predicted octanol–water partition coefficient (Wildman–Crippen LogP) is 3.42. The fourth-order valence-electron chi connectivity index (χ4n) is 3.90. The molecule has 0 aromatic heterocycles. The van der Waals surface area contributed by atoms with E-state index < -0.39 is 0 Å². The van der Waals surface area contributed by atoms with Gasteiger partial charge in [-0.2, -0.15) is 0 Å². The number of rotatable bonds is 1. The predicted molar refractivity (Wildman–Crippen MR) is 86.7 cm³/mol. The lowest BCUT2D eigenvalue weighted by molar-refractivity contribution is 0.00578. The van der Waals surface area contributed by atoms with Crippen molar-refractivity contribution in [3.63, 3.8) is 0 Å². The van der Waals surface area contributed by atoms with Crippen LogP contribution in [0.4, 0.5) is 0 Å². The lowest BCUT2D eigenvalue weighted by atomic mass is 9.74. The van der Waals surface area contributed by atoms with Crippen molar-refractivity contribution in [1.29, 1.82) is 0 Å². The van der Waals surface area contributed by atoms with Crippen molar-refractivity contribution >= 4 is 7.12 Å². The lowest BCUT2D eigenvalue weighted by Crippen LogP contribution is -2.41. The molecule has 0 aromatic carbocycles. The van der Waals surface area contributed by atoms with E-state index in [1.165, 1.54) is 5.57 Å². The molecule has 2 fully saturated rings. The molecule has 0 aromatic rings. The quantitative estimate of drug-likeness (QED) is 0.690. The molecule has 0 radical (unpaired) electrons. The monoisotopic (exact) mass is 289 g/mol. The Bertz CT molecular complexity index is 521. The summed E-state index contributed by atoms with van der Waals surface area (Å²) in [5.41, 5.74) is 2.15. The van der Waals surface area contributed by atoms with Gasteiger partial charge in [-0.05, 0) is 46.7 Å². The first-order valence-electron chi connectivity index (χ1n) is 7.99. The number of hydrogen-bond acceptors (Lipinski definition) is 3. The van der Waals surface area contributed by atoms with E-state index in [-0.39, 0.29) is 23.7 Å². The van der Waals surface area contributed by atoms with Crippen molar-refractivity contribution in [2.45, 2.75) is 65.7 Å². The number of allylic oxidation sites excluding steroid dienone is 2. The van der Waals surface area contributed by atoms with Crippen molar-refractivity contribution < 1.29 is 9.31 Å². The second-order valence-corrected chi connectivity index (χ2v) is 8.27. The van der Waals surface area contributed by atoms with E-state index in [2.05, 4.69) is 72.7 Å². The molecule has 0 bridgehead atoms. The van der Waals surface area contributed by atoms with Gasteiger partial charge in [-0.3, -0.25) is 0 Å².